The fourth-order valence-electron chi connectivity index (χ4n) is 2.74. The molecule has 1 N–H and O–H groups in total. The van der Waals surface area contributed by atoms with Gasteiger partial charge >= 0.3 is 0 Å². The van der Waals surface area contributed by atoms with Crippen LogP contribution >= 0.6 is 0 Å². The lowest BCUT2D eigenvalue weighted by Crippen LogP contribution is -2.36. The lowest BCUT2D eigenvalue weighted by molar-refractivity contribution is -0.125. The topological polar surface area (TPSA) is 74.9 Å². The zero-order chi connectivity index (χ0) is 16.8. The number of amides is 2. The van der Waals surface area contributed by atoms with Crippen LogP contribution in [0.1, 0.15) is 30.6 Å². The number of hydrazone groups is 1. The van der Waals surface area contributed by atoms with Gasteiger partial charge < -0.3 is 9.32 Å². The zero-order valence-electron chi connectivity index (χ0n) is 13.3. The van der Waals surface area contributed by atoms with Gasteiger partial charge in [0, 0.05) is 25.1 Å². The van der Waals surface area contributed by atoms with Gasteiger partial charge in [0.25, 0.3) is 0 Å². The smallest absolute Gasteiger partial charge is 0.240 e. The molecule has 6 heteroatoms. The van der Waals surface area contributed by atoms with Crippen molar-refractivity contribution in [1.29, 1.82) is 0 Å². The molecule has 2 aromatic rings. The molecule has 0 fully saturated rings. The Morgan fingerprint density at radius 1 is 1.21 bits per heavy atom. The molecule has 124 valence electrons. The molecule has 0 unspecified atom stereocenters. The minimum absolute atomic E-state index is 0.0349. The van der Waals surface area contributed by atoms with Crippen LogP contribution in [-0.4, -0.2) is 24.6 Å². The largest absolute Gasteiger partial charge is 0.463 e. The van der Waals surface area contributed by atoms with Gasteiger partial charge in [-0.05, 0) is 36.6 Å². The molecule has 1 aromatic carbocycles. The summed E-state index contributed by atoms with van der Waals surface area (Å²) in [7, 11) is 0. The van der Waals surface area contributed by atoms with Crippen molar-refractivity contribution in [2.24, 2.45) is 5.10 Å². The molecule has 0 saturated carbocycles. The SMILES string of the molecule is O=C(CCC(=O)N1CCCc2ccccc21)NN=Cc1ccco1. The highest BCUT2D eigenvalue weighted by Crippen LogP contribution is 2.27. The molecule has 0 spiro atoms. The zero-order valence-corrected chi connectivity index (χ0v) is 13.3. The molecule has 24 heavy (non-hydrogen) atoms. The van der Waals surface area contributed by atoms with Crippen LogP contribution in [0.25, 0.3) is 0 Å². The molecule has 0 aliphatic carbocycles. The van der Waals surface area contributed by atoms with Crippen LogP contribution in [0.5, 0.6) is 0 Å². The first kappa shape index (κ1) is 16.0. The van der Waals surface area contributed by atoms with Crippen molar-refractivity contribution in [2.45, 2.75) is 25.7 Å². The molecule has 0 atom stereocenters. The van der Waals surface area contributed by atoms with Crippen LogP contribution in [0.2, 0.25) is 0 Å². The van der Waals surface area contributed by atoms with Gasteiger partial charge in [-0.3, -0.25) is 9.59 Å². The number of hydrogen-bond acceptors (Lipinski definition) is 4. The highest BCUT2D eigenvalue weighted by atomic mass is 16.3. The van der Waals surface area contributed by atoms with E-state index in [4.69, 9.17) is 4.42 Å². The first-order valence-corrected chi connectivity index (χ1v) is 7.98. The second-order valence-electron chi connectivity index (χ2n) is 5.59. The van der Waals surface area contributed by atoms with Crippen LogP contribution in [0.4, 0.5) is 5.69 Å². The molecule has 1 aromatic heterocycles. The van der Waals surface area contributed by atoms with Crippen LogP contribution in [0.15, 0.2) is 52.2 Å². The predicted octanol–water partition coefficient (Wildman–Crippen LogP) is 2.49. The van der Waals surface area contributed by atoms with E-state index in [1.807, 2.05) is 24.3 Å². The third-order valence-electron chi connectivity index (χ3n) is 3.90. The summed E-state index contributed by atoms with van der Waals surface area (Å²) in [5, 5.41) is 3.80. The Hall–Kier alpha value is -2.89. The van der Waals surface area contributed by atoms with Gasteiger partial charge in [-0.15, -0.1) is 0 Å². The van der Waals surface area contributed by atoms with Crippen molar-refractivity contribution < 1.29 is 14.0 Å². The van der Waals surface area contributed by atoms with Crippen LogP contribution in [-0.2, 0) is 16.0 Å². The van der Waals surface area contributed by atoms with E-state index in [9.17, 15) is 9.59 Å². The quantitative estimate of drug-likeness (QED) is 0.678. The van der Waals surface area contributed by atoms with Gasteiger partial charge in [-0.25, -0.2) is 5.43 Å². The van der Waals surface area contributed by atoms with Gasteiger partial charge in [0.1, 0.15) is 5.76 Å². The van der Waals surface area contributed by atoms with Gasteiger partial charge in [-0.2, -0.15) is 5.10 Å². The van der Waals surface area contributed by atoms with Crippen molar-refractivity contribution in [1.82, 2.24) is 5.43 Å². The molecule has 0 saturated heterocycles. The van der Waals surface area contributed by atoms with E-state index in [-0.39, 0.29) is 24.7 Å². The number of anilines is 1. The van der Waals surface area contributed by atoms with E-state index in [0.29, 0.717) is 12.3 Å². The standard InChI is InChI=1S/C18H19N3O3/c22-17(20-19-13-15-7-4-12-24-15)9-10-18(23)21-11-3-6-14-5-1-2-8-16(14)21/h1-2,4-5,7-8,12-13H,3,6,9-11H2,(H,20,22). The Balaban J connectivity index is 1.50. The monoisotopic (exact) mass is 325 g/mol. The number of nitrogens with one attached hydrogen (secondary N) is 1. The fourth-order valence-corrected chi connectivity index (χ4v) is 2.74. The van der Waals surface area contributed by atoms with Crippen molar-refractivity contribution in [3.05, 3.63) is 54.0 Å². The summed E-state index contributed by atoms with van der Waals surface area (Å²) in [6, 6.07) is 11.4. The third kappa shape index (κ3) is 3.90. The molecule has 2 heterocycles. The average Bonchev–Trinajstić information content (AvgIpc) is 3.12. The molecule has 2 amide bonds. The Morgan fingerprint density at radius 2 is 2.08 bits per heavy atom. The summed E-state index contributed by atoms with van der Waals surface area (Å²) >= 11 is 0. The number of aryl methyl sites for hydroxylation is 1. The first-order valence-electron chi connectivity index (χ1n) is 7.98. The second kappa shape index (κ2) is 7.59. The van der Waals surface area contributed by atoms with Gasteiger partial charge in [0.15, 0.2) is 0 Å². The van der Waals surface area contributed by atoms with Crippen molar-refractivity contribution >= 4 is 23.7 Å². The number of nitrogens with zero attached hydrogens (tertiary/aromatic N) is 2. The first-order chi connectivity index (χ1) is 11.7. The highest BCUT2D eigenvalue weighted by molar-refractivity contribution is 5.96. The number of rotatable bonds is 5. The number of benzene rings is 1. The lowest BCUT2D eigenvalue weighted by Gasteiger charge is -2.29. The van der Waals surface area contributed by atoms with E-state index in [1.165, 1.54) is 18.0 Å². The Bertz CT molecular complexity index is 738. The molecule has 6 nitrogen and oxygen atoms in total. The van der Waals surface area contributed by atoms with Gasteiger partial charge in [-0.1, -0.05) is 18.2 Å². The average molecular weight is 325 g/mol. The molecular formula is C18H19N3O3. The van der Waals surface area contributed by atoms with Crippen LogP contribution in [0.3, 0.4) is 0 Å². The van der Waals surface area contributed by atoms with E-state index < -0.39 is 0 Å². The highest BCUT2D eigenvalue weighted by Gasteiger charge is 2.22. The number of fused-ring (bicyclic) bond motifs is 1. The summed E-state index contributed by atoms with van der Waals surface area (Å²) in [5.74, 6) is 0.222. The minimum Gasteiger partial charge on any atom is -0.463 e. The molecule has 0 bridgehead atoms. The van der Waals surface area contributed by atoms with Gasteiger partial charge in [0.05, 0.1) is 12.5 Å². The fraction of sp³-hybridized carbons (Fsp3) is 0.278. The van der Waals surface area contributed by atoms with E-state index >= 15 is 0 Å². The van der Waals surface area contributed by atoms with E-state index in [2.05, 4.69) is 10.5 Å². The number of furan rings is 1. The lowest BCUT2D eigenvalue weighted by atomic mass is 10.0. The van der Waals surface area contributed by atoms with E-state index in [0.717, 1.165) is 18.5 Å². The maximum absolute atomic E-state index is 12.4. The summed E-state index contributed by atoms with van der Waals surface area (Å²) in [4.78, 5) is 26.0. The molecule has 3 rings (SSSR count). The van der Waals surface area contributed by atoms with Crippen molar-refractivity contribution in [3.8, 4) is 0 Å². The molecule has 1 aliphatic heterocycles. The number of carbonyl (C=O) groups excluding carboxylic acids is 2. The summed E-state index contributed by atoms with van der Waals surface area (Å²) < 4.78 is 5.06. The maximum Gasteiger partial charge on any atom is 0.240 e. The van der Waals surface area contributed by atoms with Crippen molar-refractivity contribution in [3.63, 3.8) is 0 Å². The number of hydrogen-bond donors (Lipinski definition) is 1. The minimum atomic E-state index is -0.295. The van der Waals surface area contributed by atoms with E-state index in [1.54, 1.807) is 17.0 Å². The summed E-state index contributed by atoms with van der Waals surface area (Å²) in [6.45, 7) is 0.702. The van der Waals surface area contributed by atoms with Crippen LogP contribution < -0.4 is 10.3 Å². The molecule has 0 radical (unpaired) electrons. The summed E-state index contributed by atoms with van der Waals surface area (Å²) in [5.41, 5.74) is 4.55. The summed E-state index contributed by atoms with van der Waals surface area (Å²) in [6.07, 6.45) is 5.15. The third-order valence-corrected chi connectivity index (χ3v) is 3.90. The van der Waals surface area contributed by atoms with Crippen LogP contribution in [0, 0.1) is 0 Å². The predicted molar refractivity (Wildman–Crippen MR) is 90.8 cm³/mol. The Kier molecular flexibility index (Phi) is 5.05. The number of para-hydroxylation sites is 1. The van der Waals surface area contributed by atoms with Gasteiger partial charge in [0.2, 0.25) is 11.8 Å². The molecule has 1 aliphatic rings. The number of carbonyl (C=O) groups is 2. The Morgan fingerprint density at radius 3 is 2.92 bits per heavy atom. The Labute approximate surface area is 140 Å². The maximum atomic E-state index is 12.4. The normalized spacial score (nSPS) is 13.8. The van der Waals surface area contributed by atoms with Crippen molar-refractivity contribution in [2.75, 3.05) is 11.4 Å². The second-order valence-corrected chi connectivity index (χ2v) is 5.59. The molecular weight excluding hydrogens is 306 g/mol.